The molecule has 1 aromatic rings. The summed E-state index contributed by atoms with van der Waals surface area (Å²) in [4.78, 5) is 0. The summed E-state index contributed by atoms with van der Waals surface area (Å²) in [6.07, 6.45) is 1.33. The molecule has 0 spiro atoms. The van der Waals surface area contributed by atoms with Crippen molar-refractivity contribution in [3.8, 4) is 0 Å². The molecule has 0 aromatic heterocycles. The Morgan fingerprint density at radius 3 is 2.40 bits per heavy atom. The average molecular weight is 213 g/mol. The highest BCUT2D eigenvalue weighted by atomic mass is 19.1. The third-order valence-electron chi connectivity index (χ3n) is 2.76. The Labute approximate surface area is 86.9 Å². The van der Waals surface area contributed by atoms with E-state index in [0.29, 0.717) is 18.5 Å². The fraction of sp³-hybridized carbons (Fsp3) is 0.455. The van der Waals surface area contributed by atoms with Crippen molar-refractivity contribution in [3.05, 3.63) is 35.4 Å². The summed E-state index contributed by atoms with van der Waals surface area (Å²) in [5.41, 5.74) is -0.825. The first-order chi connectivity index (χ1) is 7.10. The first-order valence-corrected chi connectivity index (χ1v) is 5.00. The molecule has 1 unspecified atom stereocenters. The molecule has 0 amide bonds. The molecule has 1 fully saturated rings. The molecule has 1 aliphatic heterocycles. The lowest BCUT2D eigenvalue weighted by atomic mass is 9.86. The van der Waals surface area contributed by atoms with Crippen LogP contribution in [0.5, 0.6) is 0 Å². The zero-order valence-corrected chi connectivity index (χ0v) is 8.26. The number of nitrogens with one attached hydrogen (secondary N) is 1. The van der Waals surface area contributed by atoms with Crippen molar-refractivity contribution in [2.75, 3.05) is 13.1 Å². The van der Waals surface area contributed by atoms with E-state index in [9.17, 15) is 13.9 Å². The second kappa shape index (κ2) is 3.87. The number of aliphatic hydroxyl groups is 1. The number of hydrogen-bond acceptors (Lipinski definition) is 2. The summed E-state index contributed by atoms with van der Waals surface area (Å²) in [7, 11) is 0. The molecule has 1 atom stereocenters. The van der Waals surface area contributed by atoms with Gasteiger partial charge in [0.1, 0.15) is 17.2 Å². The van der Waals surface area contributed by atoms with Gasteiger partial charge in [-0.25, -0.2) is 8.78 Å². The zero-order chi connectivity index (χ0) is 10.9. The van der Waals surface area contributed by atoms with E-state index < -0.39 is 17.2 Å². The van der Waals surface area contributed by atoms with Crippen LogP contribution in [0, 0.1) is 11.6 Å². The molecule has 0 radical (unpaired) electrons. The first-order valence-electron chi connectivity index (χ1n) is 5.00. The molecule has 1 saturated heterocycles. The van der Waals surface area contributed by atoms with Crippen LogP contribution in [0.3, 0.4) is 0 Å². The summed E-state index contributed by atoms with van der Waals surface area (Å²) >= 11 is 0. The van der Waals surface area contributed by atoms with Gasteiger partial charge >= 0.3 is 0 Å². The largest absolute Gasteiger partial charge is 0.384 e. The van der Waals surface area contributed by atoms with Crippen LogP contribution >= 0.6 is 0 Å². The number of rotatable bonds is 1. The van der Waals surface area contributed by atoms with Gasteiger partial charge in [-0.05, 0) is 37.1 Å². The minimum absolute atomic E-state index is 0.312. The molecule has 1 heterocycles. The monoisotopic (exact) mass is 213 g/mol. The molecule has 15 heavy (non-hydrogen) atoms. The fourth-order valence-corrected chi connectivity index (χ4v) is 1.96. The van der Waals surface area contributed by atoms with E-state index in [1.54, 1.807) is 0 Å². The van der Waals surface area contributed by atoms with Crippen LogP contribution in [0.15, 0.2) is 18.2 Å². The Hall–Kier alpha value is -1.00. The van der Waals surface area contributed by atoms with Gasteiger partial charge in [0.2, 0.25) is 0 Å². The van der Waals surface area contributed by atoms with Crippen LogP contribution in [-0.4, -0.2) is 18.2 Å². The molecule has 0 bridgehead atoms. The van der Waals surface area contributed by atoms with E-state index in [4.69, 9.17) is 0 Å². The summed E-state index contributed by atoms with van der Waals surface area (Å²) < 4.78 is 26.0. The highest BCUT2D eigenvalue weighted by Gasteiger charge is 2.31. The fourth-order valence-electron chi connectivity index (χ4n) is 1.96. The third-order valence-corrected chi connectivity index (χ3v) is 2.76. The van der Waals surface area contributed by atoms with Gasteiger partial charge in [-0.2, -0.15) is 0 Å². The number of piperidine rings is 1. The molecule has 0 saturated carbocycles. The number of β-amino-alcohol motifs (C(OH)–C–C–N with tert-alkyl or cyclic N) is 1. The lowest BCUT2D eigenvalue weighted by Gasteiger charge is -2.33. The van der Waals surface area contributed by atoms with Gasteiger partial charge in [-0.3, -0.25) is 0 Å². The summed E-state index contributed by atoms with van der Waals surface area (Å²) in [5, 5.41) is 13.2. The number of halogens is 2. The van der Waals surface area contributed by atoms with Gasteiger partial charge < -0.3 is 10.4 Å². The standard InChI is InChI=1S/C11H13F2NO/c12-9-4-8(5-10(13)6-9)11(15)2-1-3-14-7-11/h4-6,14-15H,1-3,7H2. The molecule has 82 valence electrons. The summed E-state index contributed by atoms with van der Waals surface area (Å²) in [5.74, 6) is -1.30. The van der Waals surface area contributed by atoms with Gasteiger partial charge in [-0.1, -0.05) is 0 Å². The van der Waals surface area contributed by atoms with Gasteiger partial charge in [0.15, 0.2) is 0 Å². The molecule has 2 N–H and O–H groups in total. The maximum Gasteiger partial charge on any atom is 0.126 e. The topological polar surface area (TPSA) is 32.3 Å². The van der Waals surface area contributed by atoms with E-state index in [0.717, 1.165) is 19.0 Å². The Bertz CT molecular complexity index is 341. The minimum Gasteiger partial charge on any atom is -0.384 e. The lowest BCUT2D eigenvalue weighted by molar-refractivity contribution is 0.0117. The van der Waals surface area contributed by atoms with Crippen molar-refractivity contribution in [1.29, 1.82) is 0 Å². The van der Waals surface area contributed by atoms with Crippen LogP contribution in [0.25, 0.3) is 0 Å². The highest BCUT2D eigenvalue weighted by Crippen LogP contribution is 2.29. The van der Waals surface area contributed by atoms with E-state index in [1.807, 2.05) is 0 Å². The summed E-state index contributed by atoms with van der Waals surface area (Å²) in [6.45, 7) is 1.18. The van der Waals surface area contributed by atoms with Crippen LogP contribution in [0.1, 0.15) is 18.4 Å². The van der Waals surface area contributed by atoms with Crippen LogP contribution in [-0.2, 0) is 5.60 Å². The molecule has 4 heteroatoms. The van der Waals surface area contributed by atoms with Crippen molar-refractivity contribution in [2.45, 2.75) is 18.4 Å². The maximum absolute atomic E-state index is 13.0. The molecule has 2 rings (SSSR count). The molecule has 0 aliphatic carbocycles. The van der Waals surface area contributed by atoms with Gasteiger partial charge in [0.05, 0.1) is 0 Å². The van der Waals surface area contributed by atoms with Crippen LogP contribution in [0.4, 0.5) is 8.78 Å². The van der Waals surface area contributed by atoms with Crippen molar-refractivity contribution >= 4 is 0 Å². The van der Waals surface area contributed by atoms with Crippen LogP contribution in [0.2, 0.25) is 0 Å². The normalized spacial score (nSPS) is 26.6. The quantitative estimate of drug-likeness (QED) is 0.741. The Kier molecular flexibility index (Phi) is 2.71. The van der Waals surface area contributed by atoms with Crippen molar-refractivity contribution in [1.82, 2.24) is 5.32 Å². The van der Waals surface area contributed by atoms with E-state index in [-0.39, 0.29) is 0 Å². The second-order valence-electron chi connectivity index (χ2n) is 3.97. The Balaban J connectivity index is 2.34. The van der Waals surface area contributed by atoms with Crippen LogP contribution < -0.4 is 5.32 Å². The number of benzene rings is 1. The lowest BCUT2D eigenvalue weighted by Crippen LogP contribution is -2.43. The van der Waals surface area contributed by atoms with Gasteiger partial charge in [0.25, 0.3) is 0 Å². The molecule has 1 aliphatic rings. The maximum atomic E-state index is 13.0. The predicted octanol–water partition coefficient (Wildman–Crippen LogP) is 1.54. The van der Waals surface area contributed by atoms with Crippen molar-refractivity contribution < 1.29 is 13.9 Å². The predicted molar refractivity (Wildman–Crippen MR) is 52.4 cm³/mol. The smallest absolute Gasteiger partial charge is 0.126 e. The van der Waals surface area contributed by atoms with E-state index in [1.165, 1.54) is 12.1 Å². The SMILES string of the molecule is OC1(c2cc(F)cc(F)c2)CCCNC1. The van der Waals surface area contributed by atoms with Crippen molar-refractivity contribution in [3.63, 3.8) is 0 Å². The molecular formula is C11H13F2NO. The van der Waals surface area contributed by atoms with E-state index >= 15 is 0 Å². The highest BCUT2D eigenvalue weighted by molar-refractivity contribution is 5.25. The average Bonchev–Trinajstić information content (AvgIpc) is 2.17. The third kappa shape index (κ3) is 2.16. The first kappa shape index (κ1) is 10.5. The van der Waals surface area contributed by atoms with Gasteiger partial charge in [-0.15, -0.1) is 0 Å². The van der Waals surface area contributed by atoms with E-state index in [2.05, 4.69) is 5.32 Å². The summed E-state index contributed by atoms with van der Waals surface area (Å²) in [6, 6.07) is 3.19. The molecular weight excluding hydrogens is 200 g/mol. The number of hydrogen-bond donors (Lipinski definition) is 2. The zero-order valence-electron chi connectivity index (χ0n) is 8.26. The molecule has 2 nitrogen and oxygen atoms in total. The molecule has 1 aromatic carbocycles. The minimum atomic E-state index is -1.14. The van der Waals surface area contributed by atoms with Crippen molar-refractivity contribution in [2.24, 2.45) is 0 Å². The Morgan fingerprint density at radius 1 is 1.20 bits per heavy atom. The second-order valence-corrected chi connectivity index (χ2v) is 3.97. The van der Waals surface area contributed by atoms with Gasteiger partial charge in [0, 0.05) is 12.6 Å². The Morgan fingerprint density at radius 2 is 1.87 bits per heavy atom.